The van der Waals surface area contributed by atoms with Crippen molar-refractivity contribution >= 4 is 11.2 Å². The molecule has 0 aliphatic carbocycles. The third-order valence-corrected chi connectivity index (χ3v) is 3.94. The van der Waals surface area contributed by atoms with Crippen LogP contribution in [-0.4, -0.2) is 45.5 Å². The number of aryl methyl sites for hydroxylation is 1. The molecule has 0 radical (unpaired) electrons. The molecule has 0 saturated heterocycles. The predicted molar refractivity (Wildman–Crippen MR) is 89.0 cm³/mol. The molecule has 3 aromatic rings. The Kier molecular flexibility index (Phi) is 3.95. The largest absolute Gasteiger partial charge is 0.493 e. The fourth-order valence-corrected chi connectivity index (χ4v) is 2.64. The summed E-state index contributed by atoms with van der Waals surface area (Å²) in [5, 5.41) is 7.94. The molecule has 0 fully saturated rings. The monoisotopic (exact) mass is 347 g/mol. The first-order valence-corrected chi connectivity index (χ1v) is 7.26. The van der Waals surface area contributed by atoms with Gasteiger partial charge in [0.15, 0.2) is 22.7 Å². The van der Waals surface area contributed by atoms with Crippen LogP contribution in [-0.2, 0) is 14.1 Å². The van der Waals surface area contributed by atoms with Gasteiger partial charge in [0, 0.05) is 26.2 Å². The molecule has 25 heavy (non-hydrogen) atoms. The van der Waals surface area contributed by atoms with Crippen LogP contribution in [0.25, 0.3) is 16.9 Å². The zero-order chi connectivity index (χ0) is 18.3. The smallest absolute Gasteiger partial charge is 0.332 e. The van der Waals surface area contributed by atoms with E-state index >= 15 is 0 Å². The molecule has 0 aliphatic heterocycles. The third-order valence-electron chi connectivity index (χ3n) is 3.94. The van der Waals surface area contributed by atoms with E-state index in [-0.39, 0.29) is 11.2 Å². The van der Waals surface area contributed by atoms with Crippen molar-refractivity contribution in [2.24, 2.45) is 14.1 Å². The first kappa shape index (κ1) is 16.6. The van der Waals surface area contributed by atoms with Crippen LogP contribution in [0.3, 0.4) is 0 Å². The minimum absolute atomic E-state index is 0.0818. The number of ether oxygens (including phenoxy) is 3. The molecular weight excluding hydrogens is 330 g/mol. The van der Waals surface area contributed by atoms with Gasteiger partial charge in [0.2, 0.25) is 5.75 Å². The lowest BCUT2D eigenvalue weighted by Crippen LogP contribution is -2.37. The Balaban J connectivity index is 2.39. The highest BCUT2D eigenvalue weighted by Crippen LogP contribution is 2.39. The zero-order valence-electron chi connectivity index (χ0n) is 14.4. The number of hydrogen-bond donors (Lipinski definition) is 0. The van der Waals surface area contributed by atoms with Crippen LogP contribution in [0.2, 0.25) is 0 Å². The fraction of sp³-hybridized carbons (Fsp3) is 0.333. The molecule has 0 atom stereocenters. The van der Waals surface area contributed by atoms with E-state index in [0.29, 0.717) is 22.9 Å². The lowest BCUT2D eigenvalue weighted by molar-refractivity contribution is 0.324. The van der Waals surface area contributed by atoms with E-state index in [0.717, 1.165) is 4.57 Å². The Labute approximate surface area is 141 Å². The van der Waals surface area contributed by atoms with E-state index in [1.165, 1.54) is 37.6 Å². The van der Waals surface area contributed by atoms with Crippen LogP contribution in [0, 0.1) is 0 Å². The van der Waals surface area contributed by atoms with Crippen LogP contribution in [0.1, 0.15) is 0 Å². The summed E-state index contributed by atoms with van der Waals surface area (Å²) in [6, 6.07) is 3.30. The lowest BCUT2D eigenvalue weighted by atomic mass is 10.2. The van der Waals surface area contributed by atoms with Gasteiger partial charge in [-0.05, 0) is 0 Å². The first-order valence-electron chi connectivity index (χ1n) is 7.26. The van der Waals surface area contributed by atoms with Crippen LogP contribution < -0.4 is 25.5 Å². The molecule has 3 rings (SSSR count). The fourth-order valence-electron chi connectivity index (χ4n) is 2.64. The molecule has 0 amide bonds. The van der Waals surface area contributed by atoms with Gasteiger partial charge in [0.25, 0.3) is 5.56 Å². The van der Waals surface area contributed by atoms with Gasteiger partial charge in [-0.25, -0.2) is 4.79 Å². The van der Waals surface area contributed by atoms with Crippen molar-refractivity contribution in [2.45, 2.75) is 0 Å². The zero-order valence-corrected chi connectivity index (χ0v) is 14.4. The maximum Gasteiger partial charge on any atom is 0.332 e. The molecule has 132 valence electrons. The van der Waals surface area contributed by atoms with Crippen LogP contribution in [0.5, 0.6) is 17.2 Å². The van der Waals surface area contributed by atoms with Crippen LogP contribution in [0.4, 0.5) is 0 Å². The normalized spacial score (nSPS) is 10.9. The van der Waals surface area contributed by atoms with Crippen molar-refractivity contribution in [1.82, 2.24) is 24.1 Å². The molecule has 1 aromatic carbocycles. The number of hydrogen-bond acceptors (Lipinski definition) is 7. The van der Waals surface area contributed by atoms with Gasteiger partial charge >= 0.3 is 5.69 Å². The maximum absolute atomic E-state index is 12.3. The first-order chi connectivity index (χ1) is 11.9. The summed E-state index contributed by atoms with van der Waals surface area (Å²) in [6.45, 7) is 0. The molecular formula is C15H17N5O5. The predicted octanol–water partition coefficient (Wildman–Crippen LogP) is -0.156. The summed E-state index contributed by atoms with van der Waals surface area (Å²) in [7, 11) is 7.42. The van der Waals surface area contributed by atoms with Crippen molar-refractivity contribution in [2.75, 3.05) is 21.3 Å². The van der Waals surface area contributed by atoms with Gasteiger partial charge < -0.3 is 14.2 Å². The van der Waals surface area contributed by atoms with Gasteiger partial charge in [0.05, 0.1) is 27.0 Å². The highest BCUT2D eigenvalue weighted by Gasteiger charge is 2.20. The van der Waals surface area contributed by atoms with Gasteiger partial charge in [-0.15, -0.1) is 5.10 Å². The van der Waals surface area contributed by atoms with Gasteiger partial charge in [-0.1, -0.05) is 5.21 Å². The van der Waals surface area contributed by atoms with E-state index in [1.54, 1.807) is 19.2 Å². The maximum atomic E-state index is 12.3. The van der Waals surface area contributed by atoms with E-state index in [2.05, 4.69) is 10.3 Å². The number of rotatable bonds is 4. The highest BCUT2D eigenvalue weighted by atomic mass is 16.5. The van der Waals surface area contributed by atoms with Gasteiger partial charge in [0.1, 0.15) is 0 Å². The van der Waals surface area contributed by atoms with Crippen molar-refractivity contribution < 1.29 is 14.2 Å². The second-order valence-corrected chi connectivity index (χ2v) is 5.26. The third kappa shape index (κ3) is 2.33. The second kappa shape index (κ2) is 5.96. The quantitative estimate of drug-likeness (QED) is 0.646. The van der Waals surface area contributed by atoms with Gasteiger partial charge in [-0.3, -0.25) is 13.9 Å². The molecule has 2 aromatic heterocycles. The van der Waals surface area contributed by atoms with Crippen molar-refractivity contribution in [3.63, 3.8) is 0 Å². The summed E-state index contributed by atoms with van der Waals surface area (Å²) in [6.07, 6.45) is 0. The molecule has 10 heteroatoms. The van der Waals surface area contributed by atoms with Crippen molar-refractivity contribution in [1.29, 1.82) is 0 Å². The van der Waals surface area contributed by atoms with Crippen molar-refractivity contribution in [3.8, 4) is 22.9 Å². The Morgan fingerprint density at radius 2 is 1.52 bits per heavy atom. The Morgan fingerprint density at radius 3 is 2.04 bits per heavy atom. The Bertz CT molecular complexity index is 1050. The topological polar surface area (TPSA) is 102 Å². The summed E-state index contributed by atoms with van der Waals surface area (Å²) in [5.41, 5.74) is -0.147. The number of fused-ring (bicyclic) bond motifs is 1. The van der Waals surface area contributed by atoms with Gasteiger partial charge in [-0.2, -0.15) is 4.68 Å². The molecule has 0 N–H and O–H groups in total. The number of methoxy groups -OCH3 is 3. The summed E-state index contributed by atoms with van der Waals surface area (Å²) >= 11 is 0. The average Bonchev–Trinajstić information content (AvgIpc) is 3.08. The molecule has 0 bridgehead atoms. The summed E-state index contributed by atoms with van der Waals surface area (Å²) in [5.74, 6) is 1.24. The van der Waals surface area contributed by atoms with E-state index < -0.39 is 11.2 Å². The minimum atomic E-state index is -0.517. The summed E-state index contributed by atoms with van der Waals surface area (Å²) < 4.78 is 19.6. The van der Waals surface area contributed by atoms with E-state index in [9.17, 15) is 9.59 Å². The molecule has 0 saturated carbocycles. The Morgan fingerprint density at radius 1 is 0.920 bits per heavy atom. The standard InChI is InChI=1S/C15H17N5O5/c1-18-13-11(14(21)19(2)15(18)22)16-17-20(13)8-6-9(23-3)12(25-5)10(7-8)24-4/h6-7H,1-5H3. The SMILES string of the molecule is COc1cc(-n2nnc3c(=O)n(C)c(=O)n(C)c32)cc(OC)c1OC. The van der Waals surface area contributed by atoms with Crippen LogP contribution in [0.15, 0.2) is 21.7 Å². The van der Waals surface area contributed by atoms with E-state index in [4.69, 9.17) is 14.2 Å². The van der Waals surface area contributed by atoms with Crippen LogP contribution >= 0.6 is 0 Å². The summed E-state index contributed by atoms with van der Waals surface area (Å²) in [4.78, 5) is 24.5. The average molecular weight is 347 g/mol. The van der Waals surface area contributed by atoms with Crippen molar-refractivity contribution in [3.05, 3.63) is 33.0 Å². The molecule has 0 aliphatic rings. The lowest BCUT2D eigenvalue weighted by Gasteiger charge is -2.14. The second-order valence-electron chi connectivity index (χ2n) is 5.26. The molecule has 10 nitrogen and oxygen atoms in total. The number of nitrogens with zero attached hydrogens (tertiary/aromatic N) is 5. The number of benzene rings is 1. The minimum Gasteiger partial charge on any atom is -0.493 e. The molecule has 0 spiro atoms. The molecule has 2 heterocycles. The molecule has 0 unspecified atom stereocenters. The van der Waals surface area contributed by atoms with E-state index in [1.807, 2.05) is 0 Å². The number of aromatic nitrogens is 5. The highest BCUT2D eigenvalue weighted by molar-refractivity contribution is 5.72. The Hall–Kier alpha value is -3.30.